The SMILES string of the molecule is C.COC(=O)c1ccccc1S(=O)(=O)Cl.COC(=O)c1ccccc1S(=O)(=O)NCc1ccccc1.NCc1ccccc1.NO.O=C(NO)c1ccccc1S(=O)(=O)NCc1ccccc1. The monoisotopic (exact) mass is 1000 g/mol. The minimum Gasteiger partial charge on any atom is -0.465 e. The topological polar surface area (TPSA) is 301 Å². The van der Waals surface area contributed by atoms with Crippen LogP contribution in [-0.4, -0.2) is 67.7 Å². The lowest BCUT2D eigenvalue weighted by Gasteiger charge is -2.10. The molecule has 9 N–H and O–H groups in total. The molecule has 0 unspecified atom stereocenters. The standard InChI is InChI=1S/C15H15NO4S.C14H14N2O4S.C8H7ClO4S.C7H9N.CH4.H3NO/c1-20-15(17)13-9-5-6-10-14(13)21(18,19)16-11-12-7-3-2-4-8-12;17-14(16-18)12-8-4-5-9-13(12)21(19,20)15-10-11-6-2-1-3-7-11;1-13-8(10)6-4-2-3-5-7(6)14(9,11)12;8-6-7-4-2-1-3-5-7;;1-2/h2-10,16H,11H2,1H3;1-9,15,18H,10H2,(H,16,17);2-5H,1H3;1-5H,6,8H2;1H4;2H,1H2. The van der Waals surface area contributed by atoms with Gasteiger partial charge in [-0.2, -0.15) is 0 Å². The number of hydroxylamine groups is 1. The Hall–Kier alpha value is -6.37. The first-order chi connectivity index (χ1) is 31.5. The Morgan fingerprint density at radius 2 is 0.806 bits per heavy atom. The zero-order chi connectivity index (χ0) is 49.2. The van der Waals surface area contributed by atoms with Gasteiger partial charge in [-0.25, -0.2) is 55.7 Å². The number of halogens is 1. The summed E-state index contributed by atoms with van der Waals surface area (Å²) in [7, 11) is -4.07. The third-order valence-electron chi connectivity index (χ3n) is 8.36. The molecule has 0 radical (unpaired) electrons. The van der Waals surface area contributed by atoms with E-state index in [-0.39, 0.29) is 51.9 Å². The van der Waals surface area contributed by atoms with Crippen LogP contribution in [-0.2, 0) is 58.2 Å². The van der Waals surface area contributed by atoms with Gasteiger partial charge in [0.05, 0.1) is 45.6 Å². The molecule has 0 saturated carbocycles. The summed E-state index contributed by atoms with van der Waals surface area (Å²) in [5, 5.41) is 15.2. The average Bonchev–Trinajstić information content (AvgIpc) is 3.36. The van der Waals surface area contributed by atoms with Crippen LogP contribution < -0.4 is 26.6 Å². The van der Waals surface area contributed by atoms with E-state index < -0.39 is 46.9 Å². The number of carbonyl (C=O) groups is 3. The van der Waals surface area contributed by atoms with Crippen LogP contribution in [0.3, 0.4) is 0 Å². The van der Waals surface area contributed by atoms with E-state index in [9.17, 15) is 39.6 Å². The number of amides is 1. The van der Waals surface area contributed by atoms with Gasteiger partial charge in [-0.3, -0.25) is 10.0 Å². The molecule has 0 atom stereocenters. The number of nitrogens with one attached hydrogen (secondary N) is 3. The van der Waals surface area contributed by atoms with Crippen molar-refractivity contribution in [2.24, 2.45) is 11.6 Å². The van der Waals surface area contributed by atoms with E-state index in [4.69, 9.17) is 26.8 Å². The molecule has 0 spiro atoms. The van der Waals surface area contributed by atoms with Crippen LogP contribution >= 0.6 is 10.7 Å². The quantitative estimate of drug-likeness (QED) is 0.0314. The van der Waals surface area contributed by atoms with Crippen molar-refractivity contribution in [2.75, 3.05) is 14.2 Å². The summed E-state index contributed by atoms with van der Waals surface area (Å²) >= 11 is 0. The summed E-state index contributed by atoms with van der Waals surface area (Å²) in [6.45, 7) is 0.901. The van der Waals surface area contributed by atoms with Crippen molar-refractivity contribution in [3.8, 4) is 0 Å². The lowest BCUT2D eigenvalue weighted by atomic mass is 10.2. The van der Waals surface area contributed by atoms with Crippen LogP contribution in [0.5, 0.6) is 0 Å². The van der Waals surface area contributed by atoms with Gasteiger partial charge >= 0.3 is 11.9 Å². The molecule has 0 saturated heterocycles. The Kier molecular flexibility index (Phi) is 26.3. The molecule has 0 fully saturated rings. The number of carbonyl (C=O) groups excluding carboxylic acids is 3. The number of ether oxygens (including phenoxy) is 2. The summed E-state index contributed by atoms with van der Waals surface area (Å²) in [5.41, 5.74) is 9.43. The van der Waals surface area contributed by atoms with Crippen LogP contribution in [0.2, 0.25) is 0 Å². The smallest absolute Gasteiger partial charge is 0.339 e. The first kappa shape index (κ1) is 58.6. The normalized spacial score (nSPS) is 10.4. The first-order valence-corrected chi connectivity index (χ1v) is 24.2. The van der Waals surface area contributed by atoms with Crippen molar-refractivity contribution in [1.29, 1.82) is 0 Å². The zero-order valence-electron chi connectivity index (χ0n) is 35.4. The molecule has 0 aliphatic rings. The van der Waals surface area contributed by atoms with Gasteiger partial charge in [-0.1, -0.05) is 135 Å². The molecule has 1 amide bonds. The highest BCUT2D eigenvalue weighted by molar-refractivity contribution is 8.13. The fourth-order valence-electron chi connectivity index (χ4n) is 5.20. The van der Waals surface area contributed by atoms with Crippen molar-refractivity contribution in [3.05, 3.63) is 197 Å². The number of methoxy groups -OCH3 is 2. The van der Waals surface area contributed by atoms with E-state index >= 15 is 0 Å². The van der Waals surface area contributed by atoms with Gasteiger partial charge in [0.15, 0.2) is 0 Å². The van der Waals surface area contributed by atoms with Crippen molar-refractivity contribution >= 4 is 57.6 Å². The largest absolute Gasteiger partial charge is 0.465 e. The molecule has 22 heteroatoms. The predicted octanol–water partition coefficient (Wildman–Crippen LogP) is 5.75. The van der Waals surface area contributed by atoms with Crippen molar-refractivity contribution in [2.45, 2.75) is 41.7 Å². The molecule has 360 valence electrons. The number of rotatable bonds is 13. The van der Waals surface area contributed by atoms with Crippen molar-refractivity contribution < 1.29 is 59.5 Å². The molecule has 0 bridgehead atoms. The highest BCUT2D eigenvalue weighted by Crippen LogP contribution is 2.21. The summed E-state index contributed by atoms with van der Waals surface area (Å²) < 4.78 is 85.2. The fraction of sp³-hybridized carbons (Fsp3) is 0.133. The first-order valence-electron chi connectivity index (χ1n) is 18.9. The van der Waals surface area contributed by atoms with Gasteiger partial charge in [0.1, 0.15) is 0 Å². The van der Waals surface area contributed by atoms with Crippen LogP contribution in [0.4, 0.5) is 0 Å². The predicted molar refractivity (Wildman–Crippen MR) is 252 cm³/mol. The van der Waals surface area contributed by atoms with Gasteiger partial charge in [0, 0.05) is 30.3 Å². The molecule has 6 aromatic carbocycles. The van der Waals surface area contributed by atoms with Crippen LogP contribution in [0.25, 0.3) is 0 Å². The summed E-state index contributed by atoms with van der Waals surface area (Å²) in [6.07, 6.45) is 0. The third-order valence-corrected chi connectivity index (χ3v) is 12.7. The molecule has 0 aromatic heterocycles. The summed E-state index contributed by atoms with van der Waals surface area (Å²) in [6, 6.07) is 45.3. The molecule has 6 aromatic rings. The number of hydrogen-bond acceptors (Lipinski definition) is 15. The average molecular weight is 1000 g/mol. The Morgan fingerprint density at radius 3 is 1.13 bits per heavy atom. The van der Waals surface area contributed by atoms with Gasteiger partial charge in [0.25, 0.3) is 15.0 Å². The Bertz CT molecular complexity index is 2660. The van der Waals surface area contributed by atoms with E-state index in [1.807, 2.05) is 66.7 Å². The lowest BCUT2D eigenvalue weighted by Crippen LogP contribution is -2.27. The van der Waals surface area contributed by atoms with E-state index in [0.29, 0.717) is 6.54 Å². The van der Waals surface area contributed by atoms with Gasteiger partial charge in [-0.05, 0) is 53.1 Å². The molecule has 0 aliphatic heterocycles. The zero-order valence-corrected chi connectivity index (χ0v) is 38.6. The van der Waals surface area contributed by atoms with Gasteiger partial charge < -0.3 is 20.4 Å². The van der Waals surface area contributed by atoms with Gasteiger partial charge in [0.2, 0.25) is 20.0 Å². The van der Waals surface area contributed by atoms with Crippen LogP contribution in [0.1, 0.15) is 55.2 Å². The highest BCUT2D eigenvalue weighted by atomic mass is 35.7. The number of nitrogens with two attached hydrogens (primary N) is 2. The summed E-state index contributed by atoms with van der Waals surface area (Å²) in [5.74, 6) is 1.20. The highest BCUT2D eigenvalue weighted by Gasteiger charge is 2.23. The maximum atomic E-state index is 12.3. The maximum Gasteiger partial charge on any atom is 0.339 e. The summed E-state index contributed by atoms with van der Waals surface area (Å²) in [4.78, 5) is 33.8. The minimum atomic E-state index is -3.92. The van der Waals surface area contributed by atoms with Crippen molar-refractivity contribution in [3.63, 3.8) is 0 Å². The Balaban J connectivity index is 0.000000460. The minimum absolute atomic E-state index is 0. The van der Waals surface area contributed by atoms with E-state index in [1.54, 1.807) is 36.4 Å². The second-order valence-corrected chi connectivity index (χ2v) is 18.7. The fourth-order valence-corrected chi connectivity index (χ4v) is 8.69. The molecule has 67 heavy (non-hydrogen) atoms. The molecule has 0 heterocycles. The van der Waals surface area contributed by atoms with Crippen LogP contribution in [0, 0.1) is 0 Å². The molecular weight excluding hydrogens is 950 g/mol. The molecular formula is C45H52ClN5O13S3. The number of sulfonamides is 2. The van der Waals surface area contributed by atoms with E-state index in [0.717, 1.165) is 11.1 Å². The lowest BCUT2D eigenvalue weighted by molar-refractivity contribution is 0.0587. The number of esters is 2. The Labute approximate surface area is 395 Å². The Morgan fingerprint density at radius 1 is 0.507 bits per heavy atom. The molecule has 18 nitrogen and oxygen atoms in total. The maximum absolute atomic E-state index is 12.3. The van der Waals surface area contributed by atoms with E-state index in [2.05, 4.69) is 24.8 Å². The van der Waals surface area contributed by atoms with Crippen molar-refractivity contribution in [1.82, 2.24) is 14.9 Å². The molecule has 6 rings (SSSR count). The molecule has 0 aliphatic carbocycles. The second kappa shape index (κ2) is 30.0. The number of benzene rings is 6. The van der Waals surface area contributed by atoms with E-state index in [1.165, 1.54) is 85.9 Å². The van der Waals surface area contributed by atoms with Crippen LogP contribution in [0.15, 0.2) is 178 Å². The van der Waals surface area contributed by atoms with Gasteiger partial charge in [-0.15, -0.1) is 0 Å². The third kappa shape index (κ3) is 19.6. The second-order valence-electron chi connectivity index (χ2n) is 12.7. The number of hydrogen-bond donors (Lipinski definition) is 7.